The van der Waals surface area contributed by atoms with Crippen molar-refractivity contribution in [3.05, 3.63) is 82.9 Å². The molecule has 0 aliphatic heterocycles. The van der Waals surface area contributed by atoms with Gasteiger partial charge in [-0.2, -0.15) is 0 Å². The second kappa shape index (κ2) is 15.2. The Morgan fingerprint density at radius 2 is 1.27 bits per heavy atom. The lowest BCUT2D eigenvalue weighted by Gasteiger charge is -2.28. The summed E-state index contributed by atoms with van der Waals surface area (Å²) in [6.07, 6.45) is 24.6. The molecule has 0 saturated heterocycles. The van der Waals surface area contributed by atoms with Crippen LogP contribution in [0.2, 0.25) is 0 Å². The molecular formula is C37H50. The maximum absolute atomic E-state index is 3.37. The highest BCUT2D eigenvalue weighted by Gasteiger charge is 2.22. The molecule has 0 spiro atoms. The first-order valence-electron chi connectivity index (χ1n) is 15.6. The number of allylic oxidation sites excluding steroid dienone is 2. The van der Waals surface area contributed by atoms with E-state index >= 15 is 0 Å². The van der Waals surface area contributed by atoms with Crippen molar-refractivity contribution in [3.8, 4) is 11.8 Å². The zero-order chi connectivity index (χ0) is 25.7. The molecule has 0 bridgehead atoms. The number of aryl methyl sites for hydroxylation is 1. The lowest BCUT2D eigenvalue weighted by atomic mass is 9.77. The van der Waals surface area contributed by atoms with Crippen LogP contribution in [-0.4, -0.2) is 0 Å². The minimum Gasteiger partial charge on any atom is -0.0730 e. The number of hydrogen-bond acceptors (Lipinski definition) is 0. The maximum Gasteiger partial charge on any atom is 0.0249 e. The minimum absolute atomic E-state index is 0.689. The van der Waals surface area contributed by atoms with Crippen LogP contribution in [-0.2, 0) is 6.42 Å². The van der Waals surface area contributed by atoms with E-state index < -0.39 is 0 Å². The Morgan fingerprint density at radius 3 is 1.89 bits per heavy atom. The molecular weight excluding hydrogens is 444 g/mol. The molecule has 0 aromatic heterocycles. The minimum atomic E-state index is 0.689. The molecule has 2 aromatic rings. The number of hydrogen-bond donors (Lipinski definition) is 0. The topological polar surface area (TPSA) is 0 Å². The number of unbranched alkanes of at least 4 members (excludes halogenated alkanes) is 3. The van der Waals surface area contributed by atoms with Gasteiger partial charge in [0.25, 0.3) is 0 Å². The second-order valence-electron chi connectivity index (χ2n) is 11.9. The molecule has 0 nitrogen and oxygen atoms in total. The smallest absolute Gasteiger partial charge is 0.0249 e. The summed E-state index contributed by atoms with van der Waals surface area (Å²) in [5.41, 5.74) is 5.73. The van der Waals surface area contributed by atoms with Crippen LogP contribution in [0.3, 0.4) is 0 Å². The van der Waals surface area contributed by atoms with Crippen LogP contribution in [0.1, 0.15) is 138 Å². The Labute approximate surface area is 228 Å². The van der Waals surface area contributed by atoms with Gasteiger partial charge in [-0.05, 0) is 123 Å². The van der Waals surface area contributed by atoms with Gasteiger partial charge in [0.2, 0.25) is 0 Å². The van der Waals surface area contributed by atoms with E-state index in [0.717, 1.165) is 23.3 Å². The average molecular weight is 495 g/mol. The van der Waals surface area contributed by atoms with Crippen molar-refractivity contribution in [1.29, 1.82) is 0 Å². The summed E-state index contributed by atoms with van der Waals surface area (Å²) in [5.74, 6) is 9.85. The Bertz CT molecular complexity index is 981. The predicted molar refractivity (Wildman–Crippen MR) is 161 cm³/mol. The summed E-state index contributed by atoms with van der Waals surface area (Å²) in [5, 5.41) is 0. The quantitative estimate of drug-likeness (QED) is 0.227. The van der Waals surface area contributed by atoms with Gasteiger partial charge in [0.05, 0.1) is 0 Å². The van der Waals surface area contributed by atoms with Crippen LogP contribution in [0.25, 0.3) is 0 Å². The van der Waals surface area contributed by atoms with E-state index in [-0.39, 0.29) is 0 Å². The zero-order valence-corrected chi connectivity index (χ0v) is 23.7. The summed E-state index contributed by atoms with van der Waals surface area (Å²) in [7, 11) is 0. The monoisotopic (exact) mass is 494 g/mol. The highest BCUT2D eigenvalue weighted by Crippen LogP contribution is 2.38. The maximum atomic E-state index is 3.37. The van der Waals surface area contributed by atoms with Gasteiger partial charge in [0.15, 0.2) is 0 Å². The molecule has 198 valence electrons. The van der Waals surface area contributed by atoms with Gasteiger partial charge >= 0.3 is 0 Å². The average Bonchev–Trinajstić information content (AvgIpc) is 2.96. The van der Waals surface area contributed by atoms with E-state index in [9.17, 15) is 0 Å². The van der Waals surface area contributed by atoms with Crippen molar-refractivity contribution in [2.75, 3.05) is 0 Å². The zero-order valence-electron chi connectivity index (χ0n) is 23.7. The van der Waals surface area contributed by atoms with E-state index in [2.05, 4.69) is 86.4 Å². The summed E-state index contributed by atoms with van der Waals surface area (Å²) < 4.78 is 0. The van der Waals surface area contributed by atoms with E-state index in [1.165, 1.54) is 107 Å². The third kappa shape index (κ3) is 8.92. The molecule has 4 rings (SSSR count). The first-order valence-corrected chi connectivity index (χ1v) is 15.6. The fourth-order valence-electron chi connectivity index (χ4n) is 6.61. The molecule has 2 aliphatic rings. The fourth-order valence-corrected chi connectivity index (χ4v) is 6.61. The molecule has 2 aromatic carbocycles. The third-order valence-electron chi connectivity index (χ3n) is 9.15. The number of benzene rings is 2. The molecule has 0 atom stereocenters. The molecule has 0 heterocycles. The third-order valence-corrected chi connectivity index (χ3v) is 9.15. The number of rotatable bonds is 10. The largest absolute Gasteiger partial charge is 0.0730 e. The van der Waals surface area contributed by atoms with Crippen LogP contribution in [0.5, 0.6) is 0 Å². The normalized spacial score (nSPS) is 24.1. The molecule has 2 fully saturated rings. The highest BCUT2D eigenvalue weighted by atomic mass is 14.3. The fraction of sp³-hybridized carbons (Fsp3) is 0.568. The van der Waals surface area contributed by atoms with Gasteiger partial charge in [-0.25, -0.2) is 0 Å². The highest BCUT2D eigenvalue weighted by molar-refractivity contribution is 5.39. The Morgan fingerprint density at radius 1 is 0.676 bits per heavy atom. The van der Waals surface area contributed by atoms with E-state index in [0.29, 0.717) is 5.92 Å². The van der Waals surface area contributed by atoms with Crippen LogP contribution in [0.4, 0.5) is 0 Å². The molecule has 0 radical (unpaired) electrons. The Hall–Kier alpha value is -2.26. The molecule has 0 heteroatoms. The molecule has 0 unspecified atom stereocenters. The van der Waals surface area contributed by atoms with Gasteiger partial charge < -0.3 is 0 Å². The van der Waals surface area contributed by atoms with Crippen molar-refractivity contribution >= 4 is 0 Å². The van der Waals surface area contributed by atoms with E-state index in [4.69, 9.17) is 0 Å². The summed E-state index contributed by atoms with van der Waals surface area (Å²) in [6, 6.07) is 18.7. The first kappa shape index (κ1) is 27.8. The van der Waals surface area contributed by atoms with Crippen molar-refractivity contribution < 1.29 is 0 Å². The molecule has 0 N–H and O–H groups in total. The molecule has 37 heavy (non-hydrogen) atoms. The lowest BCUT2D eigenvalue weighted by Crippen LogP contribution is -2.13. The predicted octanol–water partition coefficient (Wildman–Crippen LogP) is 10.8. The lowest BCUT2D eigenvalue weighted by molar-refractivity contribution is 0.304. The second-order valence-corrected chi connectivity index (χ2v) is 11.9. The van der Waals surface area contributed by atoms with Crippen molar-refractivity contribution in [2.24, 2.45) is 11.8 Å². The van der Waals surface area contributed by atoms with E-state index in [1.54, 1.807) is 5.56 Å². The summed E-state index contributed by atoms with van der Waals surface area (Å²) in [6.45, 7) is 4.59. The van der Waals surface area contributed by atoms with Gasteiger partial charge in [0, 0.05) is 5.56 Å². The standard InChI is InChI=1S/C37H50/c1-3-5-7-11-31-16-24-35(25-17-31)37-28-20-33(21-29-37)13-9-8-12-32-18-26-36(27-19-32)34-22-14-30(15-23-34)10-6-4-2/h9,13,16-19,24-27,30,33-34,37H,3-7,10-11,14-15,20-23,28-29H2,1-2H3/b13-9+. The van der Waals surface area contributed by atoms with E-state index in [1.807, 2.05) is 0 Å². The van der Waals surface area contributed by atoms with Gasteiger partial charge in [0.1, 0.15) is 0 Å². The summed E-state index contributed by atoms with van der Waals surface area (Å²) in [4.78, 5) is 0. The van der Waals surface area contributed by atoms with Crippen LogP contribution < -0.4 is 0 Å². The van der Waals surface area contributed by atoms with Crippen LogP contribution in [0, 0.1) is 23.7 Å². The molecule has 2 saturated carbocycles. The van der Waals surface area contributed by atoms with Crippen LogP contribution >= 0.6 is 0 Å². The molecule has 2 aliphatic carbocycles. The van der Waals surface area contributed by atoms with Crippen LogP contribution in [0.15, 0.2) is 60.7 Å². The van der Waals surface area contributed by atoms with Crippen molar-refractivity contribution in [3.63, 3.8) is 0 Å². The van der Waals surface area contributed by atoms with Gasteiger partial charge in [-0.1, -0.05) is 100 Å². The SMILES string of the molecule is CCCCCc1ccc(C2CCC(/C=C/C#Cc3ccc(C4CCC(CCCC)CC4)cc3)CC2)cc1. The van der Waals surface area contributed by atoms with Gasteiger partial charge in [-0.3, -0.25) is 0 Å². The van der Waals surface area contributed by atoms with Gasteiger partial charge in [-0.15, -0.1) is 0 Å². The Balaban J connectivity index is 1.18. The van der Waals surface area contributed by atoms with Crippen molar-refractivity contribution in [1.82, 2.24) is 0 Å². The Kier molecular flexibility index (Phi) is 11.4. The molecule has 0 amide bonds. The van der Waals surface area contributed by atoms with Crippen molar-refractivity contribution in [2.45, 2.75) is 122 Å². The summed E-state index contributed by atoms with van der Waals surface area (Å²) >= 11 is 0. The first-order chi connectivity index (χ1) is 18.2.